The molecule has 0 spiro atoms. The van der Waals surface area contributed by atoms with Crippen LogP contribution in [0.5, 0.6) is 5.75 Å². The van der Waals surface area contributed by atoms with Crippen molar-refractivity contribution in [2.75, 3.05) is 13.1 Å². The van der Waals surface area contributed by atoms with Crippen molar-refractivity contribution in [3.05, 3.63) is 59.4 Å². The minimum Gasteiger partial charge on any atom is -0.486 e. The monoisotopic (exact) mass is 542 g/mol. The van der Waals surface area contributed by atoms with Crippen LogP contribution in [0.2, 0.25) is 0 Å². The maximum Gasteiger partial charge on any atom is 0.416 e. The van der Waals surface area contributed by atoms with Gasteiger partial charge in [-0.3, -0.25) is 4.68 Å². The molecule has 3 heterocycles. The van der Waals surface area contributed by atoms with Gasteiger partial charge in [0.2, 0.25) is 0 Å². The second-order valence-electron chi connectivity index (χ2n) is 11.5. The molecule has 1 aliphatic heterocycles. The normalized spacial score (nSPS) is 26.4. The number of aromatic nitrogens is 5. The quantitative estimate of drug-likeness (QED) is 0.354. The number of nitrogens with zero attached hydrogens (tertiary/aromatic N) is 6. The second-order valence-corrected chi connectivity index (χ2v) is 11.5. The molecule has 10 heteroatoms. The average Bonchev–Trinajstić information content (AvgIpc) is 3.54. The van der Waals surface area contributed by atoms with Crippen LogP contribution in [0.1, 0.15) is 98.4 Å². The third-order valence-corrected chi connectivity index (χ3v) is 9.16. The lowest BCUT2D eigenvalue weighted by Gasteiger charge is -2.42. The van der Waals surface area contributed by atoms with E-state index >= 15 is 0 Å². The highest BCUT2D eigenvalue weighted by Gasteiger charge is 2.32. The van der Waals surface area contributed by atoms with Gasteiger partial charge in [-0.1, -0.05) is 6.07 Å². The summed E-state index contributed by atoms with van der Waals surface area (Å²) in [7, 11) is 1.91. The van der Waals surface area contributed by atoms with Crippen LogP contribution in [-0.2, 0) is 19.8 Å². The Morgan fingerprint density at radius 2 is 1.64 bits per heavy atom. The minimum atomic E-state index is -4.40. The van der Waals surface area contributed by atoms with E-state index in [1.54, 1.807) is 0 Å². The molecule has 210 valence electrons. The van der Waals surface area contributed by atoms with Gasteiger partial charge in [0.25, 0.3) is 0 Å². The average molecular weight is 543 g/mol. The predicted molar refractivity (Wildman–Crippen MR) is 140 cm³/mol. The van der Waals surface area contributed by atoms with Gasteiger partial charge in [-0.2, -0.15) is 18.3 Å². The van der Waals surface area contributed by atoms with E-state index in [0.29, 0.717) is 23.7 Å². The SMILES string of the molecule is Cn1c(COc2cccc(C(F)(F)F)c2)nnc1[C@H]1CC[C@H](c2cnn([C@H]3CC[C@H](N4CCC4)CC3)c2)CC1. The van der Waals surface area contributed by atoms with Crippen LogP contribution < -0.4 is 4.74 Å². The van der Waals surface area contributed by atoms with Gasteiger partial charge in [-0.25, -0.2) is 0 Å². The fourth-order valence-corrected chi connectivity index (χ4v) is 6.61. The first-order valence-corrected chi connectivity index (χ1v) is 14.3. The molecule has 0 unspecified atom stereocenters. The van der Waals surface area contributed by atoms with Crippen LogP contribution in [0.3, 0.4) is 0 Å². The smallest absolute Gasteiger partial charge is 0.416 e. The van der Waals surface area contributed by atoms with E-state index in [0.717, 1.165) is 49.7 Å². The number of hydrogen-bond donors (Lipinski definition) is 0. The lowest BCUT2D eigenvalue weighted by atomic mass is 9.79. The first kappa shape index (κ1) is 26.3. The molecule has 3 aromatic rings. The topological polar surface area (TPSA) is 61.0 Å². The van der Waals surface area contributed by atoms with Gasteiger partial charge in [0.15, 0.2) is 5.82 Å². The third kappa shape index (κ3) is 5.71. The lowest BCUT2D eigenvalue weighted by molar-refractivity contribution is -0.137. The fourth-order valence-electron chi connectivity index (χ4n) is 6.61. The molecule has 3 aliphatic rings. The number of rotatable bonds is 7. The summed E-state index contributed by atoms with van der Waals surface area (Å²) in [5, 5.41) is 13.5. The highest BCUT2D eigenvalue weighted by atomic mass is 19.4. The van der Waals surface area contributed by atoms with Crippen LogP contribution >= 0.6 is 0 Å². The highest BCUT2D eigenvalue weighted by molar-refractivity contribution is 5.30. The Hall–Kier alpha value is -2.88. The highest BCUT2D eigenvalue weighted by Crippen LogP contribution is 2.41. The molecule has 0 bridgehead atoms. The summed E-state index contributed by atoms with van der Waals surface area (Å²) in [6.07, 6.45) is 10.6. The Bertz CT molecular complexity index is 1250. The lowest BCUT2D eigenvalue weighted by Crippen LogP contribution is -2.46. The van der Waals surface area contributed by atoms with Crippen molar-refractivity contribution in [2.24, 2.45) is 7.05 Å². The minimum absolute atomic E-state index is 0.0687. The molecule has 1 aromatic carbocycles. The molecule has 0 N–H and O–H groups in total. The molecule has 0 radical (unpaired) electrons. The van der Waals surface area contributed by atoms with Crippen LogP contribution in [0.15, 0.2) is 36.7 Å². The van der Waals surface area contributed by atoms with Gasteiger partial charge in [0.05, 0.1) is 17.8 Å². The molecule has 1 saturated heterocycles. The Morgan fingerprint density at radius 3 is 2.33 bits per heavy atom. The molecule has 7 nitrogen and oxygen atoms in total. The van der Waals surface area contributed by atoms with E-state index < -0.39 is 11.7 Å². The van der Waals surface area contributed by atoms with Crippen molar-refractivity contribution >= 4 is 0 Å². The first-order chi connectivity index (χ1) is 18.8. The van der Waals surface area contributed by atoms with Crippen molar-refractivity contribution in [1.82, 2.24) is 29.4 Å². The molecule has 2 saturated carbocycles. The van der Waals surface area contributed by atoms with Gasteiger partial charge in [-0.05, 0) is 101 Å². The Labute approximate surface area is 227 Å². The summed E-state index contributed by atoms with van der Waals surface area (Å²) in [5.41, 5.74) is 0.627. The van der Waals surface area contributed by atoms with Crippen LogP contribution in [-0.4, -0.2) is 48.6 Å². The standard InChI is InChI=1S/C29H37F3N6O/c1-36-27(19-39-26-5-2-4-23(16-26)29(30,31)32)34-35-28(36)21-8-6-20(7-9-21)22-17-33-38(18-22)25-12-10-24(11-13-25)37-14-3-15-37/h2,4-5,16-18,20-21,24-25H,3,6-15,19H2,1H3/t20-,21-,24-,25-. The summed E-state index contributed by atoms with van der Waals surface area (Å²) < 4.78 is 48.8. The first-order valence-electron chi connectivity index (χ1n) is 14.3. The van der Waals surface area contributed by atoms with E-state index in [1.807, 2.05) is 11.6 Å². The molecule has 6 rings (SSSR count). The van der Waals surface area contributed by atoms with Gasteiger partial charge in [0, 0.05) is 25.2 Å². The van der Waals surface area contributed by atoms with Gasteiger partial charge in [-0.15, -0.1) is 10.2 Å². The number of hydrogen-bond acceptors (Lipinski definition) is 5. The Morgan fingerprint density at radius 1 is 0.923 bits per heavy atom. The van der Waals surface area contributed by atoms with E-state index in [4.69, 9.17) is 9.84 Å². The molecule has 2 aliphatic carbocycles. The molecule has 2 aromatic heterocycles. The largest absolute Gasteiger partial charge is 0.486 e. The van der Waals surface area contributed by atoms with Crippen molar-refractivity contribution in [1.29, 1.82) is 0 Å². The number of ether oxygens (including phenoxy) is 1. The zero-order valence-electron chi connectivity index (χ0n) is 22.5. The van der Waals surface area contributed by atoms with Gasteiger partial charge in [0.1, 0.15) is 18.2 Å². The van der Waals surface area contributed by atoms with Gasteiger partial charge >= 0.3 is 6.18 Å². The van der Waals surface area contributed by atoms with E-state index in [2.05, 4.69) is 32.2 Å². The van der Waals surface area contributed by atoms with Crippen molar-refractivity contribution in [3.63, 3.8) is 0 Å². The van der Waals surface area contributed by atoms with Crippen LogP contribution in [0.4, 0.5) is 13.2 Å². The number of alkyl halides is 3. The molecule has 39 heavy (non-hydrogen) atoms. The summed E-state index contributed by atoms with van der Waals surface area (Å²) >= 11 is 0. The maximum atomic E-state index is 13.0. The molecule has 0 atom stereocenters. The van der Waals surface area contributed by atoms with Crippen molar-refractivity contribution in [2.45, 2.75) is 94.5 Å². The van der Waals surface area contributed by atoms with E-state index in [-0.39, 0.29) is 12.4 Å². The number of likely N-dealkylation sites (tertiary alicyclic amines) is 1. The molecule has 3 fully saturated rings. The van der Waals surface area contributed by atoms with Gasteiger partial charge < -0.3 is 14.2 Å². The Kier molecular flexibility index (Phi) is 7.39. The fraction of sp³-hybridized carbons (Fsp3) is 0.621. The summed E-state index contributed by atoms with van der Waals surface area (Å²) in [6, 6.07) is 6.24. The van der Waals surface area contributed by atoms with E-state index in [9.17, 15) is 13.2 Å². The summed E-state index contributed by atoms with van der Waals surface area (Å²) in [5.74, 6) is 2.53. The van der Waals surface area contributed by atoms with E-state index in [1.165, 1.54) is 62.9 Å². The maximum absolute atomic E-state index is 13.0. The Balaban J connectivity index is 1.01. The zero-order chi connectivity index (χ0) is 27.0. The molecular weight excluding hydrogens is 505 g/mol. The zero-order valence-corrected chi connectivity index (χ0v) is 22.5. The predicted octanol–water partition coefficient (Wildman–Crippen LogP) is 6.24. The summed E-state index contributed by atoms with van der Waals surface area (Å²) in [6.45, 7) is 2.64. The van der Waals surface area contributed by atoms with Crippen molar-refractivity contribution < 1.29 is 17.9 Å². The van der Waals surface area contributed by atoms with Crippen molar-refractivity contribution in [3.8, 4) is 5.75 Å². The summed E-state index contributed by atoms with van der Waals surface area (Å²) in [4.78, 5) is 2.65. The molecular formula is C29H37F3N6O. The third-order valence-electron chi connectivity index (χ3n) is 9.16. The number of benzene rings is 1. The van der Waals surface area contributed by atoms with Crippen LogP contribution in [0, 0.1) is 0 Å². The van der Waals surface area contributed by atoms with Crippen LogP contribution in [0.25, 0.3) is 0 Å². The number of halogens is 3. The second kappa shape index (κ2) is 10.9. The molecule has 0 amide bonds.